The predicted octanol–water partition coefficient (Wildman–Crippen LogP) is 4.29. The molecule has 0 spiro atoms. The van der Waals surface area contributed by atoms with E-state index in [2.05, 4.69) is 39.0 Å². The zero-order valence-corrected chi connectivity index (χ0v) is 12.5. The lowest BCUT2D eigenvalue weighted by atomic mass is 10.0. The summed E-state index contributed by atoms with van der Waals surface area (Å²) in [6.45, 7) is 6.91. The van der Waals surface area contributed by atoms with Gasteiger partial charge >= 0.3 is 0 Å². The van der Waals surface area contributed by atoms with Crippen molar-refractivity contribution in [1.29, 1.82) is 0 Å². The molecule has 0 unspecified atom stereocenters. The van der Waals surface area contributed by atoms with Gasteiger partial charge in [-0.1, -0.05) is 43.3 Å². The molecule has 106 valence electrons. The Morgan fingerprint density at radius 1 is 1.05 bits per heavy atom. The Morgan fingerprint density at radius 2 is 1.80 bits per heavy atom. The molecule has 0 saturated heterocycles. The highest BCUT2D eigenvalue weighted by Crippen LogP contribution is 2.26. The molecule has 0 aliphatic rings. The van der Waals surface area contributed by atoms with Gasteiger partial charge in [-0.3, -0.25) is 0 Å². The molecular formula is C18H23NO. The first kappa shape index (κ1) is 14.6. The van der Waals surface area contributed by atoms with Crippen molar-refractivity contribution < 1.29 is 4.74 Å². The first-order valence-corrected chi connectivity index (χ1v) is 7.15. The molecule has 2 aromatic rings. The third-order valence-electron chi connectivity index (χ3n) is 3.72. The molecule has 2 N–H and O–H groups in total. The number of para-hydroxylation sites is 1. The van der Waals surface area contributed by atoms with Gasteiger partial charge in [0.2, 0.25) is 0 Å². The summed E-state index contributed by atoms with van der Waals surface area (Å²) in [5.41, 5.74) is 11.0. The molecule has 0 saturated carbocycles. The van der Waals surface area contributed by atoms with E-state index in [0.29, 0.717) is 6.61 Å². The minimum Gasteiger partial charge on any atom is -0.489 e. The number of aryl methyl sites for hydroxylation is 2. The summed E-state index contributed by atoms with van der Waals surface area (Å²) in [5, 5.41) is 0. The van der Waals surface area contributed by atoms with Crippen molar-refractivity contribution in [1.82, 2.24) is 0 Å². The average Bonchev–Trinajstić information content (AvgIpc) is 2.48. The van der Waals surface area contributed by atoms with Crippen LogP contribution >= 0.6 is 0 Å². The number of ether oxygens (including phenoxy) is 1. The van der Waals surface area contributed by atoms with Gasteiger partial charge in [-0.05, 0) is 43.0 Å². The maximum absolute atomic E-state index is 6.13. The fourth-order valence-electron chi connectivity index (χ4n) is 2.19. The third kappa shape index (κ3) is 3.40. The number of hydrogen-bond acceptors (Lipinski definition) is 2. The molecule has 0 aliphatic carbocycles. The highest BCUT2D eigenvalue weighted by atomic mass is 16.5. The number of rotatable bonds is 5. The molecule has 0 aromatic heterocycles. The second kappa shape index (κ2) is 6.58. The lowest BCUT2D eigenvalue weighted by Crippen LogP contribution is -2.10. The van der Waals surface area contributed by atoms with E-state index >= 15 is 0 Å². The van der Waals surface area contributed by atoms with Crippen LogP contribution in [0, 0.1) is 13.8 Å². The summed E-state index contributed by atoms with van der Waals surface area (Å²) < 4.78 is 5.96. The van der Waals surface area contributed by atoms with Crippen LogP contribution in [-0.4, -0.2) is 0 Å². The Bertz CT molecular complexity index is 577. The van der Waals surface area contributed by atoms with Gasteiger partial charge in [-0.25, -0.2) is 0 Å². The molecule has 1 atom stereocenters. The number of nitrogens with two attached hydrogens (primary N) is 1. The first-order chi connectivity index (χ1) is 9.61. The quantitative estimate of drug-likeness (QED) is 0.878. The van der Waals surface area contributed by atoms with Crippen LogP contribution in [0.15, 0.2) is 42.5 Å². The van der Waals surface area contributed by atoms with E-state index < -0.39 is 0 Å². The summed E-state index contributed by atoms with van der Waals surface area (Å²) in [4.78, 5) is 0. The molecule has 2 aromatic carbocycles. The summed E-state index contributed by atoms with van der Waals surface area (Å²) in [7, 11) is 0. The summed E-state index contributed by atoms with van der Waals surface area (Å²) in [6, 6.07) is 14.5. The molecule has 0 radical (unpaired) electrons. The van der Waals surface area contributed by atoms with Gasteiger partial charge in [0.25, 0.3) is 0 Å². The van der Waals surface area contributed by atoms with E-state index in [1.165, 1.54) is 16.7 Å². The van der Waals surface area contributed by atoms with Crippen molar-refractivity contribution >= 4 is 0 Å². The van der Waals surface area contributed by atoms with Crippen molar-refractivity contribution in [3.05, 3.63) is 64.7 Å². The smallest absolute Gasteiger partial charge is 0.124 e. The lowest BCUT2D eigenvalue weighted by Gasteiger charge is -2.16. The Morgan fingerprint density at radius 3 is 2.50 bits per heavy atom. The fraction of sp³-hybridized carbons (Fsp3) is 0.333. The van der Waals surface area contributed by atoms with E-state index in [1.807, 2.05) is 24.3 Å². The van der Waals surface area contributed by atoms with E-state index in [1.54, 1.807) is 0 Å². The second-order valence-electron chi connectivity index (χ2n) is 5.26. The lowest BCUT2D eigenvalue weighted by molar-refractivity contribution is 0.300. The van der Waals surface area contributed by atoms with Gasteiger partial charge in [-0.15, -0.1) is 0 Å². The largest absolute Gasteiger partial charge is 0.489 e. The highest BCUT2D eigenvalue weighted by Gasteiger charge is 2.09. The standard InChI is InChI=1S/C18H23NO/c1-4-17(19)16-7-5-6-8-18(16)20-12-15-10-9-13(2)14(3)11-15/h5-11,17H,4,12,19H2,1-3H3/t17-/m1/s1. The van der Waals surface area contributed by atoms with Crippen LogP contribution in [0.25, 0.3) is 0 Å². The number of benzene rings is 2. The molecular weight excluding hydrogens is 246 g/mol. The van der Waals surface area contributed by atoms with Crippen LogP contribution in [0.3, 0.4) is 0 Å². The Labute approximate surface area is 121 Å². The van der Waals surface area contributed by atoms with Crippen molar-refractivity contribution in [3.8, 4) is 5.75 Å². The maximum atomic E-state index is 6.13. The van der Waals surface area contributed by atoms with Gasteiger partial charge in [-0.2, -0.15) is 0 Å². The number of hydrogen-bond donors (Lipinski definition) is 1. The molecule has 20 heavy (non-hydrogen) atoms. The molecule has 0 fully saturated rings. The molecule has 0 heterocycles. The maximum Gasteiger partial charge on any atom is 0.124 e. The van der Waals surface area contributed by atoms with Gasteiger partial charge in [0, 0.05) is 11.6 Å². The Balaban J connectivity index is 2.12. The van der Waals surface area contributed by atoms with Crippen LogP contribution in [0.2, 0.25) is 0 Å². The monoisotopic (exact) mass is 269 g/mol. The fourth-order valence-corrected chi connectivity index (χ4v) is 2.19. The molecule has 2 nitrogen and oxygen atoms in total. The topological polar surface area (TPSA) is 35.2 Å². The normalized spacial score (nSPS) is 12.2. The molecule has 2 rings (SSSR count). The predicted molar refractivity (Wildman–Crippen MR) is 83.9 cm³/mol. The van der Waals surface area contributed by atoms with Crippen molar-refractivity contribution in [2.75, 3.05) is 0 Å². The van der Waals surface area contributed by atoms with Crippen LogP contribution < -0.4 is 10.5 Å². The first-order valence-electron chi connectivity index (χ1n) is 7.15. The van der Waals surface area contributed by atoms with Crippen molar-refractivity contribution in [3.63, 3.8) is 0 Å². The minimum absolute atomic E-state index is 0.0333. The Hall–Kier alpha value is -1.80. The molecule has 0 bridgehead atoms. The molecule has 0 aliphatic heterocycles. The van der Waals surface area contributed by atoms with Gasteiger partial charge in [0.15, 0.2) is 0 Å². The van der Waals surface area contributed by atoms with Gasteiger partial charge < -0.3 is 10.5 Å². The highest BCUT2D eigenvalue weighted by molar-refractivity contribution is 5.36. The third-order valence-corrected chi connectivity index (χ3v) is 3.72. The van der Waals surface area contributed by atoms with E-state index in [-0.39, 0.29) is 6.04 Å². The SMILES string of the molecule is CC[C@@H](N)c1ccccc1OCc1ccc(C)c(C)c1. The van der Waals surface area contributed by atoms with E-state index in [0.717, 1.165) is 17.7 Å². The van der Waals surface area contributed by atoms with Crippen LogP contribution in [0.1, 0.15) is 41.6 Å². The van der Waals surface area contributed by atoms with Crippen molar-refractivity contribution in [2.45, 2.75) is 39.8 Å². The summed E-state index contributed by atoms with van der Waals surface area (Å²) in [6.07, 6.45) is 0.907. The van der Waals surface area contributed by atoms with Crippen molar-refractivity contribution in [2.24, 2.45) is 5.73 Å². The van der Waals surface area contributed by atoms with Crippen LogP contribution in [0.5, 0.6) is 5.75 Å². The zero-order chi connectivity index (χ0) is 14.5. The minimum atomic E-state index is 0.0333. The van der Waals surface area contributed by atoms with Gasteiger partial charge in [0.05, 0.1) is 0 Å². The average molecular weight is 269 g/mol. The molecule has 0 amide bonds. The van der Waals surface area contributed by atoms with E-state index in [9.17, 15) is 0 Å². The molecule has 2 heteroatoms. The van der Waals surface area contributed by atoms with E-state index in [4.69, 9.17) is 10.5 Å². The second-order valence-corrected chi connectivity index (χ2v) is 5.26. The summed E-state index contributed by atoms with van der Waals surface area (Å²) in [5.74, 6) is 0.889. The zero-order valence-electron chi connectivity index (χ0n) is 12.5. The van der Waals surface area contributed by atoms with Gasteiger partial charge in [0.1, 0.15) is 12.4 Å². The summed E-state index contributed by atoms with van der Waals surface area (Å²) >= 11 is 0. The Kier molecular flexibility index (Phi) is 4.80. The van der Waals surface area contributed by atoms with Crippen LogP contribution in [-0.2, 0) is 6.61 Å². The van der Waals surface area contributed by atoms with Crippen LogP contribution in [0.4, 0.5) is 0 Å².